The number of benzene rings is 2. The first-order valence-electron chi connectivity index (χ1n) is 10.7. The number of para-hydroxylation sites is 1. The predicted octanol–water partition coefficient (Wildman–Crippen LogP) is 4.09. The summed E-state index contributed by atoms with van der Waals surface area (Å²) >= 11 is 0. The first kappa shape index (κ1) is 21.9. The molecule has 1 N–H and O–H groups in total. The van der Waals surface area contributed by atoms with Crippen molar-refractivity contribution in [1.82, 2.24) is 10.2 Å². The largest absolute Gasteiger partial charge is 0.371 e. The highest BCUT2D eigenvalue weighted by molar-refractivity contribution is 5.99. The molecule has 160 valence electrons. The summed E-state index contributed by atoms with van der Waals surface area (Å²) in [5.74, 6) is 0.122. The van der Waals surface area contributed by atoms with Crippen LogP contribution in [-0.2, 0) is 11.3 Å². The summed E-state index contributed by atoms with van der Waals surface area (Å²) < 4.78 is 0. The number of nitrogens with one attached hydrogen (secondary N) is 1. The average Bonchev–Trinajstić information content (AvgIpc) is 2.74. The van der Waals surface area contributed by atoms with Gasteiger partial charge in [0, 0.05) is 43.8 Å². The number of rotatable bonds is 5. The maximum atomic E-state index is 13.2. The smallest absolute Gasteiger partial charge is 0.256 e. The lowest BCUT2D eigenvalue weighted by molar-refractivity contribution is -0.129. The topological polar surface area (TPSA) is 52.7 Å². The first-order valence-corrected chi connectivity index (χ1v) is 10.7. The summed E-state index contributed by atoms with van der Waals surface area (Å²) in [6.07, 6.45) is 1.76. The number of nitrogens with zero attached hydrogens (tertiary/aromatic N) is 2. The number of anilines is 1. The zero-order valence-electron chi connectivity index (χ0n) is 18.5. The molecule has 0 radical (unpaired) electrons. The normalized spacial score (nSPS) is 15.0. The van der Waals surface area contributed by atoms with E-state index in [2.05, 4.69) is 10.2 Å². The summed E-state index contributed by atoms with van der Waals surface area (Å²) in [6, 6.07) is 18.1. The standard InChI is InChI=1S/C25H33N3O2/c1-25(2,3)24(30)26-20-14-16-28(17-15-20)22-13-9-8-12-21(22)23(29)27(4)18-19-10-6-5-7-11-19/h5-13,20H,14-18H2,1-4H3,(H,26,30). The van der Waals surface area contributed by atoms with Crippen molar-refractivity contribution < 1.29 is 9.59 Å². The van der Waals surface area contributed by atoms with Gasteiger partial charge in [0.05, 0.1) is 5.56 Å². The molecule has 0 spiro atoms. The van der Waals surface area contributed by atoms with Gasteiger partial charge in [-0.2, -0.15) is 0 Å². The Morgan fingerprint density at radius 2 is 1.60 bits per heavy atom. The minimum atomic E-state index is -0.376. The van der Waals surface area contributed by atoms with Gasteiger partial charge in [0.15, 0.2) is 0 Å². The van der Waals surface area contributed by atoms with Gasteiger partial charge >= 0.3 is 0 Å². The van der Waals surface area contributed by atoms with Crippen LogP contribution in [0.5, 0.6) is 0 Å². The molecule has 1 saturated heterocycles. The van der Waals surface area contributed by atoms with E-state index >= 15 is 0 Å². The highest BCUT2D eigenvalue weighted by Gasteiger charge is 2.28. The van der Waals surface area contributed by atoms with Crippen LogP contribution in [0.4, 0.5) is 5.69 Å². The second-order valence-electron chi connectivity index (χ2n) is 9.15. The number of hydrogen-bond donors (Lipinski definition) is 1. The highest BCUT2D eigenvalue weighted by atomic mass is 16.2. The fourth-order valence-electron chi connectivity index (χ4n) is 3.73. The summed E-state index contributed by atoms with van der Waals surface area (Å²) in [4.78, 5) is 29.5. The van der Waals surface area contributed by atoms with Crippen molar-refractivity contribution >= 4 is 17.5 Å². The Morgan fingerprint density at radius 1 is 1.00 bits per heavy atom. The molecule has 2 amide bonds. The molecule has 3 rings (SSSR count). The molecule has 0 unspecified atom stereocenters. The zero-order valence-corrected chi connectivity index (χ0v) is 18.5. The molecule has 5 heteroatoms. The molecule has 0 bridgehead atoms. The molecule has 0 saturated carbocycles. The van der Waals surface area contributed by atoms with Crippen LogP contribution in [0.2, 0.25) is 0 Å². The fourth-order valence-corrected chi connectivity index (χ4v) is 3.73. The van der Waals surface area contributed by atoms with Crippen LogP contribution < -0.4 is 10.2 Å². The van der Waals surface area contributed by atoms with Crippen LogP contribution in [0.1, 0.15) is 49.5 Å². The Morgan fingerprint density at radius 3 is 2.23 bits per heavy atom. The number of carbonyl (C=O) groups excluding carboxylic acids is 2. The van der Waals surface area contributed by atoms with Gasteiger partial charge in [-0.05, 0) is 30.5 Å². The monoisotopic (exact) mass is 407 g/mol. The lowest BCUT2D eigenvalue weighted by atomic mass is 9.94. The Kier molecular flexibility index (Phi) is 6.80. The molecule has 30 heavy (non-hydrogen) atoms. The van der Waals surface area contributed by atoms with E-state index < -0.39 is 0 Å². The summed E-state index contributed by atoms with van der Waals surface area (Å²) in [7, 11) is 1.85. The molecule has 1 heterocycles. The van der Waals surface area contributed by atoms with E-state index in [1.807, 2.05) is 82.4 Å². The third kappa shape index (κ3) is 5.41. The number of piperidine rings is 1. The van der Waals surface area contributed by atoms with E-state index in [9.17, 15) is 9.59 Å². The molecule has 0 aromatic heterocycles. The Hall–Kier alpha value is -2.82. The Balaban J connectivity index is 1.66. The molecule has 1 fully saturated rings. The predicted molar refractivity (Wildman–Crippen MR) is 122 cm³/mol. The summed E-state index contributed by atoms with van der Waals surface area (Å²) in [6.45, 7) is 8.03. The molecule has 0 atom stereocenters. The zero-order chi connectivity index (χ0) is 21.7. The second kappa shape index (κ2) is 9.33. The van der Waals surface area contributed by atoms with Crippen LogP contribution in [-0.4, -0.2) is 42.9 Å². The highest BCUT2D eigenvalue weighted by Crippen LogP contribution is 2.26. The van der Waals surface area contributed by atoms with Crippen molar-refractivity contribution in [2.24, 2.45) is 5.41 Å². The molecule has 0 aliphatic carbocycles. The van der Waals surface area contributed by atoms with Crippen LogP contribution in [0, 0.1) is 5.41 Å². The molecular weight excluding hydrogens is 374 g/mol. The van der Waals surface area contributed by atoms with E-state index in [0.29, 0.717) is 6.54 Å². The third-order valence-corrected chi connectivity index (χ3v) is 5.60. The first-order chi connectivity index (χ1) is 14.3. The Bertz CT molecular complexity index is 865. The lowest BCUT2D eigenvalue weighted by Gasteiger charge is -2.36. The van der Waals surface area contributed by atoms with Crippen molar-refractivity contribution in [3.05, 3.63) is 65.7 Å². The Labute approximate surface area is 180 Å². The molecule has 2 aromatic carbocycles. The second-order valence-corrected chi connectivity index (χ2v) is 9.15. The summed E-state index contributed by atoms with van der Waals surface area (Å²) in [5.41, 5.74) is 2.44. The number of amides is 2. The van der Waals surface area contributed by atoms with Crippen molar-refractivity contribution in [3.63, 3.8) is 0 Å². The van der Waals surface area contributed by atoms with E-state index in [1.54, 1.807) is 4.90 Å². The number of carbonyl (C=O) groups is 2. The quantitative estimate of drug-likeness (QED) is 0.812. The van der Waals surface area contributed by atoms with Crippen molar-refractivity contribution in [1.29, 1.82) is 0 Å². The SMILES string of the molecule is CN(Cc1ccccc1)C(=O)c1ccccc1N1CCC(NC(=O)C(C)(C)C)CC1. The van der Waals surface area contributed by atoms with Gasteiger partial charge in [-0.1, -0.05) is 63.2 Å². The lowest BCUT2D eigenvalue weighted by Crippen LogP contribution is -2.48. The van der Waals surface area contributed by atoms with Crippen LogP contribution in [0.25, 0.3) is 0 Å². The molecule has 1 aliphatic rings. The van der Waals surface area contributed by atoms with Gasteiger partial charge < -0.3 is 15.1 Å². The van der Waals surface area contributed by atoms with Crippen LogP contribution in [0.3, 0.4) is 0 Å². The van der Waals surface area contributed by atoms with Gasteiger partial charge in [0.1, 0.15) is 0 Å². The maximum absolute atomic E-state index is 13.2. The average molecular weight is 408 g/mol. The molecule has 2 aromatic rings. The van der Waals surface area contributed by atoms with Gasteiger partial charge in [-0.25, -0.2) is 0 Å². The number of hydrogen-bond acceptors (Lipinski definition) is 3. The fraction of sp³-hybridized carbons (Fsp3) is 0.440. The molecular formula is C25H33N3O2. The molecule has 5 nitrogen and oxygen atoms in total. The van der Waals surface area contributed by atoms with Gasteiger partial charge in [-0.3, -0.25) is 9.59 Å². The van der Waals surface area contributed by atoms with Gasteiger partial charge in [-0.15, -0.1) is 0 Å². The minimum absolute atomic E-state index is 0.0256. The van der Waals surface area contributed by atoms with Crippen molar-refractivity contribution in [2.45, 2.75) is 46.2 Å². The summed E-state index contributed by atoms with van der Waals surface area (Å²) in [5, 5.41) is 3.17. The third-order valence-electron chi connectivity index (χ3n) is 5.60. The van der Waals surface area contributed by atoms with Gasteiger partial charge in [0.25, 0.3) is 5.91 Å². The van der Waals surface area contributed by atoms with Gasteiger partial charge in [0.2, 0.25) is 5.91 Å². The van der Waals surface area contributed by atoms with E-state index in [0.717, 1.165) is 42.7 Å². The van der Waals surface area contributed by atoms with Crippen molar-refractivity contribution in [3.8, 4) is 0 Å². The molecule has 1 aliphatic heterocycles. The van der Waals surface area contributed by atoms with Crippen LogP contribution in [0.15, 0.2) is 54.6 Å². The van der Waals surface area contributed by atoms with Crippen molar-refractivity contribution in [2.75, 3.05) is 25.0 Å². The maximum Gasteiger partial charge on any atom is 0.256 e. The van der Waals surface area contributed by atoms with E-state index in [-0.39, 0.29) is 23.3 Å². The van der Waals surface area contributed by atoms with E-state index in [4.69, 9.17) is 0 Å². The van der Waals surface area contributed by atoms with Crippen LogP contribution >= 0.6 is 0 Å². The minimum Gasteiger partial charge on any atom is -0.371 e. The van der Waals surface area contributed by atoms with E-state index in [1.165, 1.54) is 0 Å².